The summed E-state index contributed by atoms with van der Waals surface area (Å²) in [7, 11) is 3.21. The van der Waals surface area contributed by atoms with Crippen molar-refractivity contribution in [3.05, 3.63) is 41.5 Å². The van der Waals surface area contributed by atoms with Crippen LogP contribution in [0.2, 0.25) is 0 Å². The highest BCUT2D eigenvalue weighted by atomic mass is 16.5. The lowest BCUT2D eigenvalue weighted by Gasteiger charge is -2.20. The highest BCUT2D eigenvalue weighted by Crippen LogP contribution is 2.18. The Bertz CT molecular complexity index is 624. The van der Waals surface area contributed by atoms with E-state index >= 15 is 0 Å². The molecule has 1 unspecified atom stereocenters. The van der Waals surface area contributed by atoms with E-state index in [0.29, 0.717) is 17.5 Å². The van der Waals surface area contributed by atoms with Gasteiger partial charge in [-0.2, -0.15) is 4.98 Å². The summed E-state index contributed by atoms with van der Waals surface area (Å²) in [4.78, 5) is 17.5. The highest BCUT2D eigenvalue weighted by molar-refractivity contribution is 5.77. The van der Waals surface area contributed by atoms with Gasteiger partial charge in [-0.3, -0.25) is 4.79 Å². The summed E-state index contributed by atoms with van der Waals surface area (Å²) in [6, 6.07) is 7.07. The summed E-state index contributed by atoms with van der Waals surface area (Å²) in [5.41, 5.74) is 0.718. The molecule has 22 heavy (non-hydrogen) atoms. The van der Waals surface area contributed by atoms with Crippen LogP contribution in [0.3, 0.4) is 0 Å². The molecule has 0 bridgehead atoms. The smallest absolute Gasteiger partial charge is 0.230 e. The predicted octanol–water partition coefficient (Wildman–Crippen LogP) is 1.12. The van der Waals surface area contributed by atoms with Crippen molar-refractivity contribution in [1.29, 1.82) is 0 Å². The fourth-order valence-corrected chi connectivity index (χ4v) is 1.98. The zero-order valence-electron chi connectivity index (χ0n) is 12.8. The van der Waals surface area contributed by atoms with E-state index in [1.54, 1.807) is 45.3 Å². The molecule has 2 aromatic rings. The Morgan fingerprint density at radius 3 is 2.64 bits per heavy atom. The highest BCUT2D eigenvalue weighted by Gasteiger charge is 2.17. The van der Waals surface area contributed by atoms with Gasteiger partial charge >= 0.3 is 0 Å². The molecule has 0 aliphatic rings. The Morgan fingerprint density at radius 1 is 1.41 bits per heavy atom. The number of aliphatic hydroxyl groups excluding tert-OH is 1. The molecule has 0 fully saturated rings. The van der Waals surface area contributed by atoms with E-state index in [1.165, 1.54) is 4.90 Å². The van der Waals surface area contributed by atoms with Crippen LogP contribution in [0.1, 0.15) is 23.4 Å². The zero-order valence-corrected chi connectivity index (χ0v) is 12.8. The van der Waals surface area contributed by atoms with E-state index < -0.39 is 6.10 Å². The first-order valence-electron chi connectivity index (χ1n) is 6.84. The van der Waals surface area contributed by atoms with Crippen LogP contribution in [0.5, 0.6) is 5.75 Å². The largest absolute Gasteiger partial charge is 0.497 e. The Hall–Kier alpha value is -2.41. The number of hydrogen-bond donors (Lipinski definition) is 1. The number of aryl methyl sites for hydroxylation is 1. The number of aliphatic hydroxyl groups is 1. The molecule has 0 saturated carbocycles. The number of likely N-dealkylation sites (N-methyl/N-ethyl adjacent to an activating group) is 1. The van der Waals surface area contributed by atoms with Gasteiger partial charge in [-0.1, -0.05) is 17.3 Å². The van der Waals surface area contributed by atoms with Crippen molar-refractivity contribution in [3.63, 3.8) is 0 Å². The average molecular weight is 305 g/mol. The SMILES string of the molecule is COc1ccc(C(O)CN(C)C(=O)Cc2noc(C)n2)cc1. The maximum absolute atomic E-state index is 12.1. The molecule has 1 N–H and O–H groups in total. The number of rotatable bonds is 6. The van der Waals surface area contributed by atoms with Crippen molar-refractivity contribution in [1.82, 2.24) is 15.0 Å². The fourth-order valence-electron chi connectivity index (χ4n) is 1.98. The van der Waals surface area contributed by atoms with E-state index in [9.17, 15) is 9.90 Å². The molecule has 0 aliphatic carbocycles. The van der Waals surface area contributed by atoms with Crippen molar-refractivity contribution in [2.45, 2.75) is 19.4 Å². The third-order valence-corrected chi connectivity index (χ3v) is 3.25. The van der Waals surface area contributed by atoms with Crippen LogP contribution < -0.4 is 4.74 Å². The Kier molecular flexibility index (Phi) is 5.11. The van der Waals surface area contributed by atoms with Gasteiger partial charge in [0.05, 0.1) is 26.2 Å². The number of aromatic nitrogens is 2. The normalized spacial score (nSPS) is 12.0. The lowest BCUT2D eigenvalue weighted by molar-refractivity contribution is -0.130. The number of nitrogens with zero attached hydrogens (tertiary/aromatic N) is 3. The molecule has 0 aliphatic heterocycles. The monoisotopic (exact) mass is 305 g/mol. The third kappa shape index (κ3) is 4.05. The van der Waals surface area contributed by atoms with Gasteiger partial charge in [-0.15, -0.1) is 0 Å². The number of benzene rings is 1. The maximum atomic E-state index is 12.1. The summed E-state index contributed by atoms with van der Waals surface area (Å²) in [5, 5.41) is 13.9. The van der Waals surface area contributed by atoms with Gasteiger partial charge in [0.15, 0.2) is 5.82 Å². The molecule has 1 aromatic heterocycles. The molecule has 7 heteroatoms. The number of amides is 1. The van der Waals surface area contributed by atoms with Crippen LogP contribution in [-0.2, 0) is 11.2 Å². The summed E-state index contributed by atoms with van der Waals surface area (Å²) in [5.74, 6) is 1.29. The molecule has 2 rings (SSSR count). The second-order valence-corrected chi connectivity index (χ2v) is 4.97. The first kappa shape index (κ1) is 16.0. The molecular formula is C15H19N3O4. The van der Waals surface area contributed by atoms with E-state index in [2.05, 4.69) is 10.1 Å². The van der Waals surface area contributed by atoms with Crippen molar-refractivity contribution in [2.75, 3.05) is 20.7 Å². The topological polar surface area (TPSA) is 88.7 Å². The zero-order chi connectivity index (χ0) is 16.1. The van der Waals surface area contributed by atoms with Crippen molar-refractivity contribution >= 4 is 5.91 Å². The summed E-state index contributed by atoms with van der Waals surface area (Å²) >= 11 is 0. The quantitative estimate of drug-likeness (QED) is 0.860. The van der Waals surface area contributed by atoms with Crippen LogP contribution in [0.4, 0.5) is 0 Å². The van der Waals surface area contributed by atoms with Gasteiger partial charge in [0, 0.05) is 14.0 Å². The first-order chi connectivity index (χ1) is 10.5. The number of methoxy groups -OCH3 is 1. The van der Waals surface area contributed by atoms with Crippen LogP contribution in [0.15, 0.2) is 28.8 Å². The van der Waals surface area contributed by atoms with E-state index in [0.717, 1.165) is 5.56 Å². The van der Waals surface area contributed by atoms with Crippen LogP contribution in [-0.4, -0.2) is 46.8 Å². The molecule has 0 radical (unpaired) electrons. The summed E-state index contributed by atoms with van der Waals surface area (Å²) in [6.07, 6.45) is -0.727. The van der Waals surface area contributed by atoms with Gasteiger partial charge in [0.25, 0.3) is 0 Å². The number of hydrogen-bond acceptors (Lipinski definition) is 6. The number of carbonyl (C=O) groups is 1. The van der Waals surface area contributed by atoms with Gasteiger partial charge < -0.3 is 19.3 Å². The molecule has 0 saturated heterocycles. The van der Waals surface area contributed by atoms with Crippen LogP contribution in [0, 0.1) is 6.92 Å². The molecular weight excluding hydrogens is 286 g/mol. The maximum Gasteiger partial charge on any atom is 0.230 e. The van der Waals surface area contributed by atoms with Crippen molar-refractivity contribution in [3.8, 4) is 5.75 Å². The second kappa shape index (κ2) is 7.04. The van der Waals surface area contributed by atoms with Crippen LogP contribution >= 0.6 is 0 Å². The Labute approximate surface area is 128 Å². The Morgan fingerprint density at radius 2 is 2.09 bits per heavy atom. The molecule has 1 aromatic carbocycles. The molecule has 0 spiro atoms. The van der Waals surface area contributed by atoms with Gasteiger partial charge in [0.1, 0.15) is 5.75 Å². The third-order valence-electron chi connectivity index (χ3n) is 3.25. The second-order valence-electron chi connectivity index (χ2n) is 4.97. The minimum absolute atomic E-state index is 0.0448. The minimum atomic E-state index is -0.771. The average Bonchev–Trinajstić information content (AvgIpc) is 2.92. The van der Waals surface area contributed by atoms with Crippen molar-refractivity contribution < 1.29 is 19.2 Å². The molecule has 1 atom stereocenters. The lowest BCUT2D eigenvalue weighted by Crippen LogP contribution is -2.32. The molecule has 118 valence electrons. The Balaban J connectivity index is 1.91. The standard InChI is InChI=1S/C15H19N3O4/c1-10-16-14(17-22-10)8-15(20)18(2)9-13(19)11-4-6-12(21-3)7-5-11/h4-7,13,19H,8-9H2,1-3H3. The van der Waals surface area contributed by atoms with Crippen LogP contribution in [0.25, 0.3) is 0 Å². The lowest BCUT2D eigenvalue weighted by atomic mass is 10.1. The number of carbonyl (C=O) groups excluding carboxylic acids is 1. The van der Waals surface area contributed by atoms with E-state index in [1.807, 2.05) is 0 Å². The summed E-state index contributed by atoms with van der Waals surface area (Å²) in [6.45, 7) is 1.85. The van der Waals surface area contributed by atoms with Gasteiger partial charge in [-0.05, 0) is 17.7 Å². The van der Waals surface area contributed by atoms with E-state index in [4.69, 9.17) is 9.26 Å². The van der Waals surface area contributed by atoms with Gasteiger partial charge in [0.2, 0.25) is 11.8 Å². The fraction of sp³-hybridized carbons (Fsp3) is 0.400. The van der Waals surface area contributed by atoms with E-state index in [-0.39, 0.29) is 18.9 Å². The molecule has 1 heterocycles. The number of ether oxygens (including phenoxy) is 1. The first-order valence-corrected chi connectivity index (χ1v) is 6.84. The van der Waals surface area contributed by atoms with Crippen molar-refractivity contribution in [2.24, 2.45) is 0 Å². The predicted molar refractivity (Wildman–Crippen MR) is 78.3 cm³/mol. The minimum Gasteiger partial charge on any atom is -0.497 e. The molecule has 1 amide bonds. The summed E-state index contributed by atoms with van der Waals surface area (Å²) < 4.78 is 9.89. The molecule has 7 nitrogen and oxygen atoms in total. The van der Waals surface area contributed by atoms with Gasteiger partial charge in [-0.25, -0.2) is 0 Å².